The zero-order valence-electron chi connectivity index (χ0n) is 17.7. The van der Waals surface area contributed by atoms with Gasteiger partial charge in [0, 0.05) is 19.2 Å². The molecule has 4 heteroatoms. The SMILES string of the molecule is COc1nccc2c1C(C=CC(=O)CC1CCCCC(c3ccccc3)C1)=NCC2. The van der Waals surface area contributed by atoms with Gasteiger partial charge in [0.25, 0.3) is 0 Å². The van der Waals surface area contributed by atoms with Gasteiger partial charge in [-0.1, -0.05) is 43.2 Å². The molecule has 0 saturated heterocycles. The second kappa shape index (κ2) is 9.84. The summed E-state index contributed by atoms with van der Waals surface area (Å²) in [6.07, 6.45) is 12.8. The molecule has 30 heavy (non-hydrogen) atoms. The maximum absolute atomic E-state index is 12.8. The van der Waals surface area contributed by atoms with Crippen LogP contribution in [0.4, 0.5) is 0 Å². The van der Waals surface area contributed by atoms with Crippen LogP contribution in [0.1, 0.15) is 61.1 Å². The van der Waals surface area contributed by atoms with Crippen molar-refractivity contribution in [1.29, 1.82) is 0 Å². The Labute approximate surface area is 179 Å². The zero-order valence-corrected chi connectivity index (χ0v) is 17.7. The van der Waals surface area contributed by atoms with E-state index in [1.54, 1.807) is 19.4 Å². The third kappa shape index (κ3) is 4.86. The van der Waals surface area contributed by atoms with Crippen LogP contribution in [0.5, 0.6) is 5.88 Å². The fraction of sp³-hybridized carbons (Fsp3) is 0.423. The Hall–Kier alpha value is -2.75. The lowest BCUT2D eigenvalue weighted by Gasteiger charge is -2.19. The van der Waals surface area contributed by atoms with Gasteiger partial charge in [0.05, 0.1) is 18.4 Å². The normalized spacial score (nSPS) is 21.6. The van der Waals surface area contributed by atoms with Crippen LogP contribution < -0.4 is 4.74 Å². The lowest BCUT2D eigenvalue weighted by molar-refractivity contribution is -0.115. The number of aromatic nitrogens is 1. The first-order valence-electron chi connectivity index (χ1n) is 11.1. The van der Waals surface area contributed by atoms with Crippen LogP contribution in [-0.4, -0.2) is 30.1 Å². The van der Waals surface area contributed by atoms with E-state index in [-0.39, 0.29) is 5.78 Å². The van der Waals surface area contributed by atoms with Gasteiger partial charge in [0.15, 0.2) is 5.78 Å². The van der Waals surface area contributed by atoms with Crippen molar-refractivity contribution >= 4 is 11.5 Å². The number of fused-ring (bicyclic) bond motifs is 1. The average molecular weight is 403 g/mol. The minimum Gasteiger partial charge on any atom is -0.480 e. The number of benzene rings is 1. The molecule has 0 spiro atoms. The summed E-state index contributed by atoms with van der Waals surface area (Å²) in [7, 11) is 1.62. The van der Waals surface area contributed by atoms with Gasteiger partial charge in [-0.25, -0.2) is 4.98 Å². The number of allylic oxidation sites excluding steroid dienone is 2. The molecule has 1 aliphatic heterocycles. The lowest BCUT2D eigenvalue weighted by atomic mass is 9.85. The zero-order chi connectivity index (χ0) is 20.8. The number of carbonyl (C=O) groups is 1. The van der Waals surface area contributed by atoms with Gasteiger partial charge < -0.3 is 4.74 Å². The molecule has 2 unspecified atom stereocenters. The van der Waals surface area contributed by atoms with Gasteiger partial charge in [-0.05, 0) is 66.9 Å². The summed E-state index contributed by atoms with van der Waals surface area (Å²) in [5.74, 6) is 1.79. The Morgan fingerprint density at radius 1 is 1.17 bits per heavy atom. The summed E-state index contributed by atoms with van der Waals surface area (Å²) in [5.41, 5.74) is 4.32. The van der Waals surface area contributed by atoms with E-state index in [9.17, 15) is 4.79 Å². The van der Waals surface area contributed by atoms with Crippen LogP contribution in [0.15, 0.2) is 59.7 Å². The third-order valence-corrected chi connectivity index (χ3v) is 6.34. The van der Waals surface area contributed by atoms with Crippen LogP contribution in [0.3, 0.4) is 0 Å². The monoisotopic (exact) mass is 402 g/mol. The summed E-state index contributed by atoms with van der Waals surface area (Å²) in [6, 6.07) is 12.8. The van der Waals surface area contributed by atoms with Crippen molar-refractivity contribution in [2.24, 2.45) is 10.9 Å². The quantitative estimate of drug-likeness (QED) is 0.486. The van der Waals surface area contributed by atoms with Gasteiger partial charge in [-0.15, -0.1) is 0 Å². The van der Waals surface area contributed by atoms with Crippen LogP contribution in [-0.2, 0) is 11.2 Å². The fourth-order valence-corrected chi connectivity index (χ4v) is 4.83. The summed E-state index contributed by atoms with van der Waals surface area (Å²) in [6.45, 7) is 0.732. The van der Waals surface area contributed by atoms with Crippen LogP contribution in [0.2, 0.25) is 0 Å². The van der Waals surface area contributed by atoms with Gasteiger partial charge in [-0.3, -0.25) is 9.79 Å². The number of pyridine rings is 1. The van der Waals surface area contributed by atoms with E-state index in [0.29, 0.717) is 24.1 Å². The molecule has 2 atom stereocenters. The summed E-state index contributed by atoms with van der Waals surface area (Å²) in [5, 5.41) is 0. The van der Waals surface area contributed by atoms with E-state index < -0.39 is 0 Å². The highest BCUT2D eigenvalue weighted by Crippen LogP contribution is 2.36. The second-order valence-electron chi connectivity index (χ2n) is 8.37. The van der Waals surface area contributed by atoms with Crippen molar-refractivity contribution in [2.75, 3.05) is 13.7 Å². The minimum atomic E-state index is 0.186. The van der Waals surface area contributed by atoms with Gasteiger partial charge in [-0.2, -0.15) is 0 Å². The first-order chi connectivity index (χ1) is 14.7. The second-order valence-corrected chi connectivity index (χ2v) is 8.37. The summed E-state index contributed by atoms with van der Waals surface area (Å²) >= 11 is 0. The maximum Gasteiger partial charge on any atom is 0.222 e. The van der Waals surface area contributed by atoms with Crippen molar-refractivity contribution in [1.82, 2.24) is 4.98 Å². The predicted octanol–water partition coefficient (Wildman–Crippen LogP) is 5.31. The van der Waals surface area contributed by atoms with E-state index >= 15 is 0 Å². The largest absolute Gasteiger partial charge is 0.480 e. The molecule has 1 aromatic carbocycles. The number of methoxy groups -OCH3 is 1. The first kappa shape index (κ1) is 20.5. The molecule has 0 bridgehead atoms. The van der Waals surface area contributed by atoms with Gasteiger partial charge in [0.1, 0.15) is 0 Å². The van der Waals surface area contributed by atoms with Crippen LogP contribution in [0.25, 0.3) is 0 Å². The molecule has 2 heterocycles. The van der Waals surface area contributed by atoms with Crippen LogP contribution >= 0.6 is 0 Å². The maximum atomic E-state index is 12.8. The third-order valence-electron chi connectivity index (χ3n) is 6.34. The van der Waals surface area contributed by atoms with Gasteiger partial charge >= 0.3 is 0 Å². The Bertz CT molecular complexity index is 933. The molecule has 156 valence electrons. The van der Waals surface area contributed by atoms with E-state index in [1.165, 1.54) is 30.4 Å². The van der Waals surface area contributed by atoms with E-state index in [4.69, 9.17) is 4.74 Å². The average Bonchev–Trinajstić information content (AvgIpc) is 3.03. The number of ether oxygens (including phenoxy) is 1. The van der Waals surface area contributed by atoms with E-state index in [2.05, 4.69) is 40.3 Å². The van der Waals surface area contributed by atoms with E-state index in [1.807, 2.05) is 12.1 Å². The molecule has 4 nitrogen and oxygen atoms in total. The number of hydrogen-bond acceptors (Lipinski definition) is 4. The number of hydrogen-bond donors (Lipinski definition) is 0. The fourth-order valence-electron chi connectivity index (χ4n) is 4.83. The highest BCUT2D eigenvalue weighted by atomic mass is 16.5. The van der Waals surface area contributed by atoms with Crippen LogP contribution in [0, 0.1) is 5.92 Å². The molecule has 2 aromatic rings. The predicted molar refractivity (Wildman–Crippen MR) is 120 cm³/mol. The lowest BCUT2D eigenvalue weighted by Crippen LogP contribution is -2.14. The Morgan fingerprint density at radius 2 is 2.00 bits per heavy atom. The Morgan fingerprint density at radius 3 is 2.83 bits per heavy atom. The molecule has 1 saturated carbocycles. The molecule has 2 aliphatic rings. The van der Waals surface area contributed by atoms with Crippen molar-refractivity contribution in [3.05, 3.63) is 71.4 Å². The standard InChI is InChI=1S/C26H30N2O2/c1-30-26-25-21(14-16-28-26)13-15-27-24(25)12-11-23(29)18-19-7-5-6-10-22(17-19)20-8-3-2-4-9-20/h2-4,8-9,11-12,14,16,19,22H,5-7,10,13,15,17-18H2,1H3. The smallest absolute Gasteiger partial charge is 0.222 e. The topological polar surface area (TPSA) is 51.5 Å². The highest BCUT2D eigenvalue weighted by Gasteiger charge is 2.23. The number of aliphatic imine (C=N–C) groups is 1. The molecule has 4 rings (SSSR count). The Balaban J connectivity index is 1.42. The van der Waals surface area contributed by atoms with Gasteiger partial charge in [0.2, 0.25) is 5.88 Å². The molecular weight excluding hydrogens is 372 g/mol. The molecule has 0 N–H and O–H groups in total. The summed E-state index contributed by atoms with van der Waals surface area (Å²) < 4.78 is 5.43. The molecule has 0 amide bonds. The summed E-state index contributed by atoms with van der Waals surface area (Å²) in [4.78, 5) is 21.7. The Kier molecular flexibility index (Phi) is 6.73. The van der Waals surface area contributed by atoms with Crippen molar-refractivity contribution in [2.45, 2.75) is 50.9 Å². The number of ketones is 1. The van der Waals surface area contributed by atoms with E-state index in [0.717, 1.165) is 37.1 Å². The first-order valence-corrected chi connectivity index (χ1v) is 11.1. The molecule has 1 fully saturated rings. The minimum absolute atomic E-state index is 0.186. The van der Waals surface area contributed by atoms with Crippen molar-refractivity contribution < 1.29 is 9.53 Å². The number of carbonyl (C=O) groups excluding carboxylic acids is 1. The molecule has 1 aliphatic carbocycles. The molecule has 0 radical (unpaired) electrons. The van der Waals surface area contributed by atoms with Crippen molar-refractivity contribution in [3.8, 4) is 5.88 Å². The highest BCUT2D eigenvalue weighted by molar-refractivity contribution is 6.13. The van der Waals surface area contributed by atoms with Crippen molar-refractivity contribution in [3.63, 3.8) is 0 Å². The molecular formula is C26H30N2O2. The number of rotatable bonds is 6. The molecule has 1 aromatic heterocycles. The number of nitrogens with zero attached hydrogens (tertiary/aromatic N) is 2.